The van der Waals surface area contributed by atoms with E-state index in [0.717, 1.165) is 22.4 Å². The minimum absolute atomic E-state index is 0.791. The summed E-state index contributed by atoms with van der Waals surface area (Å²) >= 11 is -1.66. The van der Waals surface area contributed by atoms with Crippen LogP contribution in [0.1, 0.15) is 12.8 Å². The number of aromatic nitrogens is 1. The third-order valence-corrected chi connectivity index (χ3v) is 10.2. The number of nitrogens with one attached hydrogen (secondary N) is 1. The number of pyridine rings is 1. The van der Waals surface area contributed by atoms with Gasteiger partial charge in [-0.05, 0) is 0 Å². The second-order valence-electron chi connectivity index (χ2n) is 4.76. The molecule has 0 saturated heterocycles. The number of nitrogens with two attached hydrogens (primary N) is 1. The molecule has 0 atom stereocenters. The number of nitrogens with zero attached hydrogens (tertiary/aromatic N) is 1. The minimum atomic E-state index is -1.66. The predicted molar refractivity (Wildman–Crippen MR) is 78.7 cm³/mol. The molecule has 0 spiro atoms. The number of allylic oxidation sites excluding steroid dienone is 1. The van der Waals surface area contributed by atoms with E-state index in [1.165, 1.54) is 17.0 Å². The average molecular weight is 341 g/mol. The van der Waals surface area contributed by atoms with Gasteiger partial charge in [0.2, 0.25) is 0 Å². The molecule has 1 aromatic heterocycles. The van der Waals surface area contributed by atoms with Gasteiger partial charge >= 0.3 is 115 Å². The van der Waals surface area contributed by atoms with Gasteiger partial charge in [-0.25, -0.2) is 0 Å². The fourth-order valence-corrected chi connectivity index (χ4v) is 8.54. The van der Waals surface area contributed by atoms with Gasteiger partial charge in [-0.2, -0.15) is 0 Å². The third kappa shape index (κ3) is 2.64. The van der Waals surface area contributed by atoms with Crippen molar-refractivity contribution >= 4 is 44.1 Å². The first-order valence-electron chi connectivity index (χ1n) is 6.41. The summed E-state index contributed by atoms with van der Waals surface area (Å²) in [5.41, 5.74) is 7.57. The number of benzene rings is 1. The van der Waals surface area contributed by atoms with E-state index < -0.39 is 21.7 Å². The molecular weight excluding hydrogens is 325 g/mol. The summed E-state index contributed by atoms with van der Waals surface area (Å²) in [6, 6.07) is 10.0. The second kappa shape index (κ2) is 5.22. The first-order chi connectivity index (χ1) is 8.81. The summed E-state index contributed by atoms with van der Waals surface area (Å²) in [7, 11) is 0. The van der Waals surface area contributed by atoms with Gasteiger partial charge in [0.1, 0.15) is 0 Å². The van der Waals surface area contributed by atoms with Crippen LogP contribution in [0.3, 0.4) is 0 Å². The van der Waals surface area contributed by atoms with Gasteiger partial charge in [0.15, 0.2) is 0 Å². The Balaban J connectivity index is 1.86. The quantitative estimate of drug-likeness (QED) is 0.826. The molecule has 0 amide bonds. The zero-order valence-corrected chi connectivity index (χ0v) is 13.6. The van der Waals surface area contributed by atoms with Gasteiger partial charge in [0.25, 0.3) is 0 Å². The Morgan fingerprint density at radius 2 is 2.17 bits per heavy atom. The summed E-state index contributed by atoms with van der Waals surface area (Å²) in [6.45, 7) is 0. The van der Waals surface area contributed by atoms with Gasteiger partial charge in [-0.1, -0.05) is 0 Å². The Bertz CT molecular complexity index is 595. The summed E-state index contributed by atoms with van der Waals surface area (Å²) in [5, 5.41) is 1.11. The molecule has 3 rings (SSSR count). The first-order valence-corrected chi connectivity index (χ1v) is 12.3. The molecule has 0 radical (unpaired) electrons. The molecule has 1 aliphatic rings. The van der Waals surface area contributed by atoms with Crippen LogP contribution in [0.2, 0.25) is 4.18 Å². The molecule has 0 saturated carbocycles. The maximum absolute atomic E-state index is 5.77. The van der Waals surface area contributed by atoms with Crippen molar-refractivity contribution in [3.63, 3.8) is 0 Å². The maximum atomic E-state index is 5.77. The van der Waals surface area contributed by atoms with Gasteiger partial charge < -0.3 is 0 Å². The predicted octanol–water partition coefficient (Wildman–Crippen LogP) is 3.11. The van der Waals surface area contributed by atoms with E-state index in [-0.39, 0.29) is 0 Å². The van der Waals surface area contributed by atoms with Crippen LogP contribution in [-0.4, -0.2) is 26.7 Å². The second-order valence-corrected chi connectivity index (χ2v) is 11.8. The fraction of sp³-hybridized carbons (Fsp3) is 0.214. The Morgan fingerprint density at radius 1 is 1.22 bits per heavy atom. The zero-order chi connectivity index (χ0) is 12.4. The number of hydrogen-bond acceptors (Lipinski definition) is 3. The molecule has 1 aromatic carbocycles. The van der Waals surface area contributed by atoms with Gasteiger partial charge in [-0.3, -0.25) is 0 Å². The normalized spacial score (nSPS) is 15.0. The van der Waals surface area contributed by atoms with Crippen LogP contribution in [0.5, 0.6) is 0 Å². The molecule has 18 heavy (non-hydrogen) atoms. The number of anilines is 2. The van der Waals surface area contributed by atoms with Crippen LogP contribution in [0.25, 0.3) is 10.9 Å². The van der Waals surface area contributed by atoms with Gasteiger partial charge in [0, 0.05) is 0 Å². The van der Waals surface area contributed by atoms with E-state index in [1.54, 1.807) is 0 Å². The molecule has 0 bridgehead atoms. The van der Waals surface area contributed by atoms with Crippen molar-refractivity contribution in [2.45, 2.75) is 17.0 Å². The Hall–Kier alpha value is -1.16. The van der Waals surface area contributed by atoms with E-state index in [4.69, 9.17) is 5.73 Å². The van der Waals surface area contributed by atoms with Crippen LogP contribution in [0, 0.1) is 0 Å². The fourth-order valence-electron chi connectivity index (χ4n) is 2.35. The monoisotopic (exact) mass is 341 g/mol. The molecule has 0 aliphatic carbocycles. The van der Waals surface area contributed by atoms with Crippen molar-refractivity contribution in [3.8, 4) is 0 Å². The van der Waals surface area contributed by atoms with Crippen molar-refractivity contribution in [1.29, 1.82) is 0 Å². The summed E-state index contributed by atoms with van der Waals surface area (Å²) < 4.78 is 7.50. The molecule has 0 fully saturated rings. The Morgan fingerprint density at radius 3 is 3.00 bits per heavy atom. The molecular formula is C14H16InN3. The van der Waals surface area contributed by atoms with Crippen LogP contribution >= 0.6 is 0 Å². The van der Waals surface area contributed by atoms with E-state index in [2.05, 4.69) is 30.3 Å². The summed E-state index contributed by atoms with van der Waals surface area (Å²) in [4.78, 5) is 4.66. The molecule has 1 aliphatic heterocycles. The van der Waals surface area contributed by atoms with Crippen LogP contribution < -0.4 is 9.04 Å². The first kappa shape index (κ1) is 11.9. The van der Waals surface area contributed by atoms with Crippen molar-refractivity contribution in [3.05, 3.63) is 40.2 Å². The molecule has 3 nitrogen and oxygen atoms in total. The molecule has 3 N–H and O–H groups in total. The van der Waals surface area contributed by atoms with E-state index in [0.29, 0.717) is 0 Å². The van der Waals surface area contributed by atoms with Gasteiger partial charge in [-0.15, -0.1) is 0 Å². The Kier molecular flexibility index (Phi) is 3.46. The molecule has 0 unspecified atom stereocenters. The summed E-state index contributed by atoms with van der Waals surface area (Å²) in [5.74, 6) is 1.03. The SMILES string of the molecule is Nc1ccc2nc([NH][In]3[CH]=CCC[CH2]3)ccc2c1. The number of fused-ring (bicyclic) bond motifs is 1. The van der Waals surface area contributed by atoms with E-state index in [9.17, 15) is 0 Å². The molecule has 4 heteroatoms. The van der Waals surface area contributed by atoms with Crippen LogP contribution in [0.15, 0.2) is 40.2 Å². The van der Waals surface area contributed by atoms with Crippen molar-refractivity contribution in [2.24, 2.45) is 0 Å². The molecule has 2 aromatic rings. The third-order valence-electron chi connectivity index (χ3n) is 3.30. The number of nitrogen functional groups attached to an aromatic ring is 1. The van der Waals surface area contributed by atoms with Crippen molar-refractivity contribution in [2.75, 3.05) is 9.04 Å². The molecule has 90 valence electrons. The van der Waals surface area contributed by atoms with Crippen molar-refractivity contribution in [1.82, 2.24) is 4.98 Å². The Labute approximate surface area is 115 Å². The topological polar surface area (TPSA) is 50.9 Å². The van der Waals surface area contributed by atoms with E-state index >= 15 is 0 Å². The number of hydrogen-bond donors (Lipinski definition) is 2. The van der Waals surface area contributed by atoms with Crippen LogP contribution in [0.4, 0.5) is 11.5 Å². The molecule has 2 heterocycles. The van der Waals surface area contributed by atoms with Gasteiger partial charge in [0.05, 0.1) is 0 Å². The number of rotatable bonds is 2. The standard InChI is InChI=1S/C9H8N3.C5H8.In/c10-7-2-3-8-6(5-7)1-4-9(11)12-8;1-3-5-4-2;/h1-5H,10H2,(H-,11,12);1,3H,2,4-5H2;/q-1;;+1. The summed E-state index contributed by atoms with van der Waals surface area (Å²) in [6.07, 6.45) is 4.92. The van der Waals surface area contributed by atoms with Crippen molar-refractivity contribution < 1.29 is 0 Å². The average Bonchev–Trinajstić information content (AvgIpc) is 2.40. The van der Waals surface area contributed by atoms with E-state index in [1.807, 2.05) is 18.2 Å². The zero-order valence-electron chi connectivity index (χ0n) is 10.3. The van der Waals surface area contributed by atoms with Crippen LogP contribution in [-0.2, 0) is 0 Å².